The van der Waals surface area contributed by atoms with Gasteiger partial charge in [-0.15, -0.1) is 0 Å². The fourth-order valence-corrected chi connectivity index (χ4v) is 4.63. The maximum absolute atomic E-state index is 13.6. The molecule has 0 amide bonds. The SMILES string of the molecule is N#CC(=C1C(=C(C#N)c2cc(C(F)(F)F)nc(C(F)(F)F)c2)C1=C(C#N)c1cc(C(F)(F)F)nc(C(F)(F)F)c1)c1cc(C(F)(F)F)nc(C(F)(F)F)c1. The Morgan fingerprint density at radius 1 is 0.333 bits per heavy atom. The zero-order valence-electron chi connectivity index (χ0n) is 25.0. The Morgan fingerprint density at radius 2 is 0.481 bits per heavy atom. The van der Waals surface area contributed by atoms with E-state index in [2.05, 4.69) is 15.0 Å². The van der Waals surface area contributed by atoms with E-state index in [1.807, 2.05) is 0 Å². The molecule has 3 aromatic heterocycles. The molecule has 0 saturated heterocycles. The van der Waals surface area contributed by atoms with E-state index in [0.717, 1.165) is 18.2 Å². The smallest absolute Gasteiger partial charge is 0.239 e. The summed E-state index contributed by atoms with van der Waals surface area (Å²) in [7, 11) is 0. The van der Waals surface area contributed by atoms with Crippen LogP contribution in [0.1, 0.15) is 50.9 Å². The third-order valence-electron chi connectivity index (χ3n) is 6.86. The molecule has 4 rings (SSSR count). The van der Waals surface area contributed by atoms with Crippen molar-refractivity contribution in [3.63, 3.8) is 0 Å². The topological polar surface area (TPSA) is 110 Å². The highest BCUT2D eigenvalue weighted by Crippen LogP contribution is 2.57. The first-order valence-corrected chi connectivity index (χ1v) is 13.4. The Kier molecular flexibility index (Phi) is 9.84. The molecule has 0 aliphatic heterocycles. The Hall–Kier alpha value is -6.12. The molecule has 1 fully saturated rings. The van der Waals surface area contributed by atoms with Crippen LogP contribution in [0.4, 0.5) is 79.0 Å². The number of alkyl halides is 18. The number of hydrogen-bond acceptors (Lipinski definition) is 6. The van der Waals surface area contributed by atoms with Crippen molar-refractivity contribution in [2.45, 2.75) is 37.1 Å². The molecule has 0 aromatic carbocycles. The van der Waals surface area contributed by atoms with Gasteiger partial charge in [0.25, 0.3) is 0 Å². The van der Waals surface area contributed by atoms with E-state index in [-0.39, 0.29) is 36.4 Å². The highest BCUT2D eigenvalue weighted by molar-refractivity contribution is 6.12. The highest BCUT2D eigenvalue weighted by Gasteiger charge is 2.46. The van der Waals surface area contributed by atoms with Gasteiger partial charge in [0.05, 0.1) is 16.7 Å². The van der Waals surface area contributed by atoms with Crippen LogP contribution in [-0.4, -0.2) is 15.0 Å². The third-order valence-corrected chi connectivity index (χ3v) is 6.86. The van der Waals surface area contributed by atoms with E-state index in [1.165, 1.54) is 0 Å². The molecule has 6 nitrogen and oxygen atoms in total. The van der Waals surface area contributed by atoms with Gasteiger partial charge >= 0.3 is 37.1 Å². The van der Waals surface area contributed by atoms with Crippen LogP contribution < -0.4 is 0 Å². The van der Waals surface area contributed by atoms with E-state index in [1.54, 1.807) is 0 Å². The van der Waals surface area contributed by atoms with Crippen molar-refractivity contribution in [1.82, 2.24) is 15.0 Å². The van der Waals surface area contributed by atoms with Crippen LogP contribution in [0, 0.1) is 34.0 Å². The van der Waals surface area contributed by atoms with Crippen molar-refractivity contribution in [3.8, 4) is 18.2 Å². The summed E-state index contributed by atoms with van der Waals surface area (Å²) in [5, 5.41) is 29.8. The first-order chi connectivity index (χ1) is 24.4. The predicted octanol–water partition coefficient (Wildman–Crippen LogP) is 10.2. The fraction of sp³-hybridized carbons (Fsp3) is 0.200. The van der Waals surface area contributed by atoms with Crippen molar-refractivity contribution in [3.05, 3.63) is 104 Å². The Labute approximate surface area is 286 Å². The van der Waals surface area contributed by atoms with Crippen molar-refractivity contribution < 1.29 is 79.0 Å². The van der Waals surface area contributed by atoms with E-state index < -0.39 is 121 Å². The molecule has 0 atom stereocenters. The van der Waals surface area contributed by atoms with Gasteiger partial charge in [-0.1, -0.05) is 0 Å². The number of halogens is 18. The van der Waals surface area contributed by atoms with Crippen molar-refractivity contribution in [2.24, 2.45) is 0 Å². The number of rotatable bonds is 3. The first-order valence-electron chi connectivity index (χ1n) is 13.4. The highest BCUT2D eigenvalue weighted by atomic mass is 19.4. The van der Waals surface area contributed by atoms with Gasteiger partial charge in [-0.05, 0) is 53.1 Å². The monoisotopic (exact) mass is 792 g/mol. The number of allylic oxidation sites excluding steroid dienone is 6. The lowest BCUT2D eigenvalue weighted by Gasteiger charge is -2.13. The van der Waals surface area contributed by atoms with Crippen LogP contribution in [0.25, 0.3) is 16.7 Å². The largest absolute Gasteiger partial charge is 0.433 e. The Balaban J connectivity index is 2.30. The summed E-state index contributed by atoms with van der Waals surface area (Å²) in [6.45, 7) is 0. The normalized spacial score (nSPS) is 13.9. The molecule has 0 radical (unpaired) electrons. The Bertz CT molecular complexity index is 1910. The minimum atomic E-state index is -5.71. The molecular formula is C30H6F18N6. The lowest BCUT2D eigenvalue weighted by Crippen LogP contribution is -2.15. The molecule has 1 aliphatic rings. The molecule has 24 heteroatoms. The van der Waals surface area contributed by atoms with Gasteiger partial charge in [0.2, 0.25) is 0 Å². The lowest BCUT2D eigenvalue weighted by atomic mass is 10.0. The number of nitriles is 3. The van der Waals surface area contributed by atoms with Gasteiger partial charge in [-0.3, -0.25) is 0 Å². The Morgan fingerprint density at radius 3 is 0.593 bits per heavy atom. The summed E-state index contributed by atoms with van der Waals surface area (Å²) < 4.78 is 245. The molecular weight excluding hydrogens is 786 g/mol. The third kappa shape index (κ3) is 8.24. The molecule has 0 N–H and O–H groups in total. The fourth-order valence-electron chi connectivity index (χ4n) is 4.63. The van der Waals surface area contributed by atoms with Gasteiger partial charge in [0.15, 0.2) is 0 Å². The van der Waals surface area contributed by atoms with Crippen molar-refractivity contribution >= 4 is 16.7 Å². The summed E-state index contributed by atoms with van der Waals surface area (Å²) in [6, 6.07) is 1.92. The van der Waals surface area contributed by atoms with Crippen LogP contribution >= 0.6 is 0 Å². The van der Waals surface area contributed by atoms with Gasteiger partial charge < -0.3 is 0 Å². The van der Waals surface area contributed by atoms with Crippen LogP contribution in [0.2, 0.25) is 0 Å². The predicted molar refractivity (Wildman–Crippen MR) is 140 cm³/mol. The summed E-state index contributed by atoms with van der Waals surface area (Å²) in [4.78, 5) is 7.16. The average molecular weight is 792 g/mol. The van der Waals surface area contributed by atoms with E-state index >= 15 is 0 Å². The maximum Gasteiger partial charge on any atom is 0.433 e. The molecule has 1 aliphatic carbocycles. The first kappa shape index (κ1) is 40.6. The average Bonchev–Trinajstić information content (AvgIpc) is 3.72. The second-order valence-corrected chi connectivity index (χ2v) is 10.5. The number of nitrogens with zero attached hydrogens (tertiary/aromatic N) is 6. The number of hydrogen-bond donors (Lipinski definition) is 0. The summed E-state index contributed by atoms with van der Waals surface area (Å²) in [6.07, 6.45) is -34.3. The van der Waals surface area contributed by atoms with Crippen LogP contribution in [0.5, 0.6) is 0 Å². The van der Waals surface area contributed by atoms with Gasteiger partial charge in [0, 0.05) is 16.7 Å². The van der Waals surface area contributed by atoms with Gasteiger partial charge in [0.1, 0.15) is 52.4 Å². The molecule has 0 bridgehead atoms. The number of aromatic nitrogens is 3. The van der Waals surface area contributed by atoms with Crippen molar-refractivity contribution in [2.75, 3.05) is 0 Å². The minimum Gasteiger partial charge on any atom is -0.239 e. The minimum absolute atomic E-state index is 0.224. The standard InChI is InChI=1S/C30H6F18N6/c31-25(32,33)16-1-10(2-17(52-16)26(34,35)36)13(7-49)22-23(14(8-50)11-3-18(27(37,38)39)53-19(4-11)28(40,41)42)24(22)15(9-51)12-5-20(29(43,44)45)54-21(6-12)30(46,47)48/h1-6H. The molecule has 0 spiro atoms. The molecule has 1 saturated carbocycles. The van der Waals surface area contributed by atoms with E-state index in [9.17, 15) is 94.8 Å². The van der Waals surface area contributed by atoms with Crippen LogP contribution in [-0.2, 0) is 37.1 Å². The van der Waals surface area contributed by atoms with E-state index in [0.29, 0.717) is 0 Å². The summed E-state index contributed by atoms with van der Waals surface area (Å²) >= 11 is 0. The van der Waals surface area contributed by atoms with Crippen molar-refractivity contribution in [1.29, 1.82) is 15.8 Å². The van der Waals surface area contributed by atoms with Crippen LogP contribution in [0.15, 0.2) is 53.1 Å². The van der Waals surface area contributed by atoms with E-state index in [4.69, 9.17) is 0 Å². The second kappa shape index (κ2) is 13.1. The molecule has 3 aromatic rings. The van der Waals surface area contributed by atoms with Gasteiger partial charge in [-0.25, -0.2) is 15.0 Å². The molecule has 0 unspecified atom stereocenters. The zero-order valence-corrected chi connectivity index (χ0v) is 25.0. The zero-order chi connectivity index (χ0) is 41.1. The quantitative estimate of drug-likeness (QED) is 0.193. The molecule has 282 valence electrons. The lowest BCUT2D eigenvalue weighted by molar-refractivity contribution is -0.151. The maximum atomic E-state index is 13.6. The summed E-state index contributed by atoms with van der Waals surface area (Å²) in [5.74, 6) is 0. The second-order valence-electron chi connectivity index (χ2n) is 10.5. The molecule has 54 heavy (non-hydrogen) atoms. The van der Waals surface area contributed by atoms with Crippen LogP contribution in [0.3, 0.4) is 0 Å². The molecule has 3 heterocycles. The number of pyridine rings is 3. The van der Waals surface area contributed by atoms with Gasteiger partial charge in [-0.2, -0.15) is 94.8 Å². The summed E-state index contributed by atoms with van der Waals surface area (Å²) in [5.41, 5.74) is -26.6.